The average molecular weight is 324 g/mol. The number of Topliss-reactive ketones (excluding diaryl/α,β-unsaturated/α-hetero) is 2. The molecule has 3 fully saturated rings. The molecule has 0 aromatic heterocycles. The fraction of sp³-hybridized carbons (Fsp3) is 0.667. The smallest absolute Gasteiger partial charge is 0.204 e. The standard InChI is InChI=1S/C21H24O3/c1-3-8-21-10-6-14(22)11-13(21)4-5-15-16(21)7-9-20(2)17(15)12-18(23)19(20)24/h1,11,15-17H,4-10,12H2,2H3/t15-,16+,17+,20+,21?/m1/s1. The van der Waals surface area contributed by atoms with Gasteiger partial charge in [0.15, 0.2) is 11.6 Å². The molecule has 0 bridgehead atoms. The third-order valence-corrected chi connectivity index (χ3v) is 7.67. The highest BCUT2D eigenvalue weighted by Gasteiger charge is 2.62. The third kappa shape index (κ3) is 1.89. The maximum atomic E-state index is 12.4. The van der Waals surface area contributed by atoms with Crippen molar-refractivity contribution in [1.29, 1.82) is 0 Å². The average Bonchev–Trinajstić information content (AvgIpc) is 2.79. The van der Waals surface area contributed by atoms with Crippen LogP contribution in [0.2, 0.25) is 0 Å². The summed E-state index contributed by atoms with van der Waals surface area (Å²) in [6.45, 7) is 2.00. The molecular formula is C21H24O3. The molecule has 0 amide bonds. The first-order chi connectivity index (χ1) is 11.4. The van der Waals surface area contributed by atoms with E-state index in [2.05, 4.69) is 5.92 Å². The lowest BCUT2D eigenvalue weighted by molar-refractivity contribution is -0.141. The lowest BCUT2D eigenvalue weighted by Crippen LogP contribution is -2.51. The summed E-state index contributed by atoms with van der Waals surface area (Å²) in [7, 11) is 0. The summed E-state index contributed by atoms with van der Waals surface area (Å²) < 4.78 is 0. The Morgan fingerprint density at radius 1 is 1.17 bits per heavy atom. The first-order valence-corrected chi connectivity index (χ1v) is 9.17. The van der Waals surface area contributed by atoms with Crippen molar-refractivity contribution in [2.45, 2.75) is 58.3 Å². The van der Waals surface area contributed by atoms with Crippen LogP contribution >= 0.6 is 0 Å². The minimum Gasteiger partial charge on any atom is -0.295 e. The fourth-order valence-electron chi connectivity index (χ4n) is 6.46. The first-order valence-electron chi connectivity index (χ1n) is 9.17. The van der Waals surface area contributed by atoms with E-state index in [-0.39, 0.29) is 28.7 Å². The number of terminal acetylenes is 1. The van der Waals surface area contributed by atoms with Gasteiger partial charge in [-0.25, -0.2) is 0 Å². The second-order valence-electron chi connectivity index (χ2n) is 8.50. The molecule has 0 aromatic carbocycles. The summed E-state index contributed by atoms with van der Waals surface area (Å²) in [4.78, 5) is 36.5. The number of allylic oxidation sites excluding steroid dienone is 1. The van der Waals surface area contributed by atoms with Crippen LogP contribution in [0.1, 0.15) is 58.3 Å². The second kappa shape index (κ2) is 5.15. The molecule has 0 radical (unpaired) electrons. The van der Waals surface area contributed by atoms with E-state index in [9.17, 15) is 14.4 Å². The van der Waals surface area contributed by atoms with Crippen molar-refractivity contribution in [3.63, 3.8) is 0 Å². The summed E-state index contributed by atoms with van der Waals surface area (Å²) in [5.74, 6) is 3.76. The van der Waals surface area contributed by atoms with E-state index < -0.39 is 5.41 Å². The van der Waals surface area contributed by atoms with Crippen molar-refractivity contribution in [2.24, 2.45) is 28.6 Å². The molecule has 4 aliphatic carbocycles. The van der Waals surface area contributed by atoms with Gasteiger partial charge in [0.05, 0.1) is 0 Å². The van der Waals surface area contributed by atoms with Gasteiger partial charge in [0.25, 0.3) is 0 Å². The van der Waals surface area contributed by atoms with Gasteiger partial charge in [0, 0.05) is 30.1 Å². The van der Waals surface area contributed by atoms with Gasteiger partial charge in [0.2, 0.25) is 5.78 Å². The normalized spacial score (nSPS) is 44.2. The summed E-state index contributed by atoms with van der Waals surface area (Å²) in [6.07, 6.45) is 13.7. The van der Waals surface area contributed by atoms with Crippen molar-refractivity contribution in [3.05, 3.63) is 11.6 Å². The van der Waals surface area contributed by atoms with Gasteiger partial charge in [-0.3, -0.25) is 14.4 Å². The fourth-order valence-corrected chi connectivity index (χ4v) is 6.46. The van der Waals surface area contributed by atoms with Crippen LogP contribution < -0.4 is 0 Å². The maximum Gasteiger partial charge on any atom is 0.204 e. The van der Waals surface area contributed by atoms with E-state index in [1.807, 2.05) is 13.0 Å². The molecule has 3 saturated carbocycles. The first kappa shape index (κ1) is 15.8. The summed E-state index contributed by atoms with van der Waals surface area (Å²) in [6, 6.07) is 0. The number of rotatable bonds is 1. The van der Waals surface area contributed by atoms with E-state index in [0.717, 1.165) is 32.1 Å². The highest BCUT2D eigenvalue weighted by molar-refractivity contribution is 6.41. The second-order valence-corrected chi connectivity index (χ2v) is 8.50. The van der Waals surface area contributed by atoms with Crippen molar-refractivity contribution in [2.75, 3.05) is 0 Å². The zero-order valence-electron chi connectivity index (χ0n) is 14.3. The quantitative estimate of drug-likeness (QED) is 0.549. The number of ketones is 3. The van der Waals surface area contributed by atoms with Crippen LogP contribution in [0.3, 0.4) is 0 Å². The highest BCUT2D eigenvalue weighted by atomic mass is 16.2. The Morgan fingerprint density at radius 2 is 1.96 bits per heavy atom. The molecular weight excluding hydrogens is 300 g/mol. The molecule has 1 unspecified atom stereocenters. The van der Waals surface area contributed by atoms with Gasteiger partial charge >= 0.3 is 0 Å². The topological polar surface area (TPSA) is 51.2 Å². The Kier molecular flexibility index (Phi) is 3.39. The summed E-state index contributed by atoms with van der Waals surface area (Å²) >= 11 is 0. The van der Waals surface area contributed by atoms with Gasteiger partial charge in [-0.1, -0.05) is 12.5 Å². The van der Waals surface area contributed by atoms with E-state index in [4.69, 9.17) is 6.42 Å². The zero-order valence-corrected chi connectivity index (χ0v) is 14.3. The molecule has 0 heterocycles. The van der Waals surface area contributed by atoms with Gasteiger partial charge in [0.1, 0.15) is 0 Å². The van der Waals surface area contributed by atoms with Crippen LogP contribution in [0, 0.1) is 40.9 Å². The van der Waals surface area contributed by atoms with Crippen molar-refractivity contribution in [1.82, 2.24) is 0 Å². The molecule has 0 aromatic rings. The maximum absolute atomic E-state index is 12.4. The number of carbonyl (C=O) groups excluding carboxylic acids is 3. The molecule has 0 saturated heterocycles. The van der Waals surface area contributed by atoms with Crippen LogP contribution in [0.5, 0.6) is 0 Å². The molecule has 0 N–H and O–H groups in total. The summed E-state index contributed by atoms with van der Waals surface area (Å²) in [5.41, 5.74) is 0.722. The van der Waals surface area contributed by atoms with Crippen LogP contribution in [0.15, 0.2) is 11.6 Å². The Bertz CT molecular complexity index is 709. The molecule has 3 nitrogen and oxygen atoms in total. The molecule has 4 aliphatic rings. The largest absolute Gasteiger partial charge is 0.295 e. The minimum absolute atomic E-state index is 0.0679. The lowest BCUT2D eigenvalue weighted by atomic mass is 9.46. The lowest BCUT2D eigenvalue weighted by Gasteiger charge is -2.57. The van der Waals surface area contributed by atoms with Crippen molar-refractivity contribution >= 4 is 17.3 Å². The molecule has 3 heteroatoms. The number of fused-ring (bicyclic) bond motifs is 5. The minimum atomic E-state index is -0.457. The Balaban J connectivity index is 1.76. The Labute approximate surface area is 143 Å². The van der Waals surface area contributed by atoms with Crippen LogP contribution in [-0.4, -0.2) is 17.3 Å². The van der Waals surface area contributed by atoms with E-state index in [1.54, 1.807) is 0 Å². The van der Waals surface area contributed by atoms with Crippen LogP contribution in [-0.2, 0) is 14.4 Å². The van der Waals surface area contributed by atoms with Gasteiger partial charge in [-0.15, -0.1) is 12.3 Å². The van der Waals surface area contributed by atoms with Crippen LogP contribution in [0.4, 0.5) is 0 Å². The Morgan fingerprint density at radius 3 is 2.71 bits per heavy atom. The van der Waals surface area contributed by atoms with Gasteiger partial charge in [-0.2, -0.15) is 0 Å². The Hall–Kier alpha value is -1.69. The molecule has 24 heavy (non-hydrogen) atoms. The molecule has 0 aliphatic heterocycles. The summed E-state index contributed by atoms with van der Waals surface area (Å²) in [5, 5.41) is 0. The number of hydrogen-bond acceptors (Lipinski definition) is 3. The molecule has 4 rings (SSSR count). The van der Waals surface area contributed by atoms with Crippen molar-refractivity contribution < 1.29 is 14.4 Å². The van der Waals surface area contributed by atoms with Crippen molar-refractivity contribution in [3.8, 4) is 12.3 Å². The van der Waals surface area contributed by atoms with E-state index in [0.29, 0.717) is 31.1 Å². The SMILES string of the molecule is C#CCC12CCC(=O)C=C1CC[C@@H]1[C@@H]2CC[C@]2(C)C(=O)C(=O)C[C@@H]12. The highest BCUT2D eigenvalue weighted by Crippen LogP contribution is 2.64. The molecule has 126 valence electrons. The number of hydrogen-bond donors (Lipinski definition) is 0. The monoisotopic (exact) mass is 324 g/mol. The third-order valence-electron chi connectivity index (χ3n) is 7.67. The predicted octanol–water partition coefficient (Wildman–Crippen LogP) is 3.27. The van der Waals surface area contributed by atoms with Crippen LogP contribution in [0.25, 0.3) is 0 Å². The zero-order chi connectivity index (χ0) is 17.1. The predicted molar refractivity (Wildman–Crippen MR) is 89.9 cm³/mol. The van der Waals surface area contributed by atoms with E-state index in [1.165, 1.54) is 5.57 Å². The molecule has 0 spiro atoms. The van der Waals surface area contributed by atoms with E-state index >= 15 is 0 Å². The van der Waals surface area contributed by atoms with Gasteiger partial charge < -0.3 is 0 Å². The van der Waals surface area contributed by atoms with Gasteiger partial charge in [-0.05, 0) is 55.9 Å². The molecule has 5 atom stereocenters. The number of carbonyl (C=O) groups is 3.